The lowest BCUT2D eigenvalue weighted by atomic mass is 9.95. The summed E-state index contributed by atoms with van der Waals surface area (Å²) in [7, 11) is 0. The summed E-state index contributed by atoms with van der Waals surface area (Å²) in [5.41, 5.74) is 6.43. The Balaban J connectivity index is 1.96. The lowest BCUT2D eigenvalue weighted by Crippen LogP contribution is -2.30. The molecule has 0 amide bonds. The van der Waals surface area contributed by atoms with Crippen molar-refractivity contribution >= 4 is 40.7 Å². The van der Waals surface area contributed by atoms with Crippen LogP contribution >= 0.6 is 34.7 Å². The van der Waals surface area contributed by atoms with Gasteiger partial charge in [0.2, 0.25) is 0 Å². The molecule has 0 fully saturated rings. The van der Waals surface area contributed by atoms with Gasteiger partial charge in [-0.25, -0.2) is 0 Å². The molecule has 2 atom stereocenters. The zero-order valence-corrected chi connectivity index (χ0v) is 16.6. The van der Waals surface area contributed by atoms with E-state index in [1.807, 2.05) is 6.07 Å². The number of alkyl halides is 3. The van der Waals surface area contributed by atoms with E-state index in [9.17, 15) is 18.0 Å². The Morgan fingerprint density at radius 2 is 1.78 bits per heavy atom. The van der Waals surface area contributed by atoms with Crippen molar-refractivity contribution in [2.24, 2.45) is 5.73 Å². The number of thiophene rings is 1. The van der Waals surface area contributed by atoms with Crippen LogP contribution in [0.3, 0.4) is 0 Å². The van der Waals surface area contributed by atoms with E-state index in [4.69, 9.17) is 22.4 Å². The molecule has 27 heavy (non-hydrogen) atoms. The lowest BCUT2D eigenvalue weighted by molar-refractivity contribution is -0.150. The van der Waals surface area contributed by atoms with Crippen LogP contribution in [0, 0.1) is 0 Å². The van der Waals surface area contributed by atoms with Crippen LogP contribution in [0.4, 0.5) is 13.2 Å². The number of carboxylic acids is 1. The van der Waals surface area contributed by atoms with Crippen molar-refractivity contribution < 1.29 is 23.1 Å². The van der Waals surface area contributed by atoms with Gasteiger partial charge in [0.1, 0.15) is 6.04 Å². The van der Waals surface area contributed by atoms with Crippen LogP contribution in [0.25, 0.3) is 10.4 Å². The number of nitrogens with two attached hydrogens (primary N) is 1. The predicted octanol–water partition coefficient (Wildman–Crippen LogP) is 5.64. The number of carboxylic acid groups (broad SMARTS) is 1. The number of thioether (sulfide) groups is 1. The summed E-state index contributed by atoms with van der Waals surface area (Å²) in [6.07, 6.45) is -4.18. The Morgan fingerprint density at radius 3 is 2.30 bits per heavy atom. The molecule has 3 N–H and O–H groups in total. The third-order valence-corrected chi connectivity index (χ3v) is 6.34. The number of hydrogen-bond donors (Lipinski definition) is 2. The van der Waals surface area contributed by atoms with E-state index >= 15 is 0 Å². The maximum atomic E-state index is 13.5. The molecule has 0 radical (unpaired) electrons. The van der Waals surface area contributed by atoms with Gasteiger partial charge >= 0.3 is 12.1 Å². The predicted molar refractivity (Wildman–Crippen MR) is 106 cm³/mol. The van der Waals surface area contributed by atoms with Crippen molar-refractivity contribution in [1.82, 2.24) is 0 Å². The molecule has 1 heterocycles. The molecule has 0 bridgehead atoms. The molecule has 0 aliphatic heterocycles. The molecule has 9 heteroatoms. The molecule has 1 aromatic heterocycles. The molecular formula is C18H19ClF3NO2S2. The summed E-state index contributed by atoms with van der Waals surface area (Å²) < 4.78 is 41.0. The smallest absolute Gasteiger partial charge is 0.395 e. The van der Waals surface area contributed by atoms with Crippen LogP contribution in [-0.4, -0.2) is 34.8 Å². The van der Waals surface area contributed by atoms with E-state index in [0.717, 1.165) is 10.4 Å². The first-order valence-corrected chi connectivity index (χ1v) is 10.5. The average molecular weight is 438 g/mol. The first kappa shape index (κ1) is 22.1. The molecule has 2 unspecified atom stereocenters. The number of hydrogen-bond acceptors (Lipinski definition) is 4. The summed E-state index contributed by atoms with van der Waals surface area (Å²) in [6, 6.07) is 8.97. The topological polar surface area (TPSA) is 63.3 Å². The van der Waals surface area contributed by atoms with Crippen molar-refractivity contribution in [2.45, 2.75) is 31.0 Å². The molecule has 2 aromatic rings. The van der Waals surface area contributed by atoms with Crippen molar-refractivity contribution in [1.29, 1.82) is 0 Å². The van der Waals surface area contributed by atoms with E-state index in [1.165, 1.54) is 35.2 Å². The molecule has 0 saturated carbocycles. The lowest BCUT2D eigenvalue weighted by Gasteiger charge is -2.21. The molecule has 0 saturated heterocycles. The van der Waals surface area contributed by atoms with E-state index in [-0.39, 0.29) is 24.2 Å². The Bertz CT molecular complexity index is 750. The van der Waals surface area contributed by atoms with Gasteiger partial charge in [0.15, 0.2) is 0 Å². The largest absolute Gasteiger partial charge is 0.480 e. The zero-order chi connectivity index (χ0) is 20.0. The Labute approximate surface area is 168 Å². The summed E-state index contributed by atoms with van der Waals surface area (Å²) >= 11 is 8.56. The summed E-state index contributed by atoms with van der Waals surface area (Å²) in [6.45, 7) is 0. The fourth-order valence-electron chi connectivity index (χ4n) is 2.51. The molecule has 2 rings (SSSR count). The maximum absolute atomic E-state index is 13.5. The molecular weight excluding hydrogens is 419 g/mol. The molecule has 1 aromatic carbocycles. The SMILES string of the molecule is NC(CCSCCC(c1ccc(-c2ccc(Cl)s2)cc1)C(F)(F)F)C(=O)O. The maximum Gasteiger partial charge on any atom is 0.395 e. The fraction of sp³-hybridized carbons (Fsp3) is 0.389. The Hall–Kier alpha value is -1.22. The van der Waals surface area contributed by atoms with Gasteiger partial charge in [-0.2, -0.15) is 24.9 Å². The van der Waals surface area contributed by atoms with Gasteiger partial charge < -0.3 is 10.8 Å². The Morgan fingerprint density at radius 1 is 1.15 bits per heavy atom. The van der Waals surface area contributed by atoms with Gasteiger partial charge in [0.25, 0.3) is 0 Å². The summed E-state index contributed by atoms with van der Waals surface area (Å²) in [4.78, 5) is 11.5. The minimum Gasteiger partial charge on any atom is -0.480 e. The first-order valence-electron chi connectivity index (χ1n) is 8.17. The molecule has 148 valence electrons. The third-order valence-electron chi connectivity index (χ3n) is 4.01. The van der Waals surface area contributed by atoms with E-state index in [0.29, 0.717) is 10.1 Å². The van der Waals surface area contributed by atoms with Gasteiger partial charge in [0, 0.05) is 4.88 Å². The normalized spacial score (nSPS) is 14.1. The van der Waals surface area contributed by atoms with Gasteiger partial charge in [-0.3, -0.25) is 4.79 Å². The van der Waals surface area contributed by atoms with Gasteiger partial charge in [0.05, 0.1) is 10.3 Å². The standard InChI is InChI=1S/C18H19ClF3NO2S2/c19-16-6-5-15(27-16)12-3-1-11(2-4-12)13(18(20,21)22)7-9-26-10-8-14(23)17(24)25/h1-6,13-14H,7-10,23H2,(H,24,25). The summed E-state index contributed by atoms with van der Waals surface area (Å²) in [5, 5.41) is 8.70. The minimum atomic E-state index is -4.34. The fourth-order valence-corrected chi connectivity index (χ4v) is 4.58. The van der Waals surface area contributed by atoms with E-state index in [2.05, 4.69) is 0 Å². The highest BCUT2D eigenvalue weighted by atomic mass is 35.5. The van der Waals surface area contributed by atoms with E-state index < -0.39 is 24.1 Å². The second-order valence-corrected chi connectivity index (χ2v) is 8.89. The molecule has 3 nitrogen and oxygen atoms in total. The van der Waals surface area contributed by atoms with Crippen molar-refractivity contribution in [3.8, 4) is 10.4 Å². The number of rotatable bonds is 9. The average Bonchev–Trinajstić information content (AvgIpc) is 3.03. The number of aliphatic carboxylic acids is 1. The van der Waals surface area contributed by atoms with Crippen LogP contribution in [0.1, 0.15) is 24.3 Å². The van der Waals surface area contributed by atoms with Crippen LogP contribution in [0.15, 0.2) is 36.4 Å². The second-order valence-electron chi connectivity index (χ2n) is 5.95. The molecule has 0 spiro atoms. The third kappa shape index (κ3) is 6.71. The first-order chi connectivity index (χ1) is 12.7. The second kappa shape index (κ2) is 9.82. The minimum absolute atomic E-state index is 0.0688. The zero-order valence-electron chi connectivity index (χ0n) is 14.2. The van der Waals surface area contributed by atoms with Gasteiger partial charge in [-0.1, -0.05) is 35.9 Å². The number of halogens is 4. The van der Waals surface area contributed by atoms with Gasteiger partial charge in [-0.05, 0) is 47.6 Å². The number of carbonyl (C=O) groups is 1. The number of benzene rings is 1. The Kier molecular flexibility index (Phi) is 8.03. The highest BCUT2D eigenvalue weighted by Crippen LogP contribution is 2.39. The highest BCUT2D eigenvalue weighted by molar-refractivity contribution is 7.99. The van der Waals surface area contributed by atoms with Gasteiger partial charge in [-0.15, -0.1) is 11.3 Å². The van der Waals surface area contributed by atoms with Crippen LogP contribution in [-0.2, 0) is 4.79 Å². The quantitative estimate of drug-likeness (QED) is 0.498. The van der Waals surface area contributed by atoms with Crippen LogP contribution in [0.5, 0.6) is 0 Å². The highest BCUT2D eigenvalue weighted by Gasteiger charge is 2.40. The van der Waals surface area contributed by atoms with Crippen molar-refractivity contribution in [3.63, 3.8) is 0 Å². The van der Waals surface area contributed by atoms with E-state index in [1.54, 1.807) is 18.2 Å². The summed E-state index contributed by atoms with van der Waals surface area (Å²) in [5.74, 6) is -1.97. The monoisotopic (exact) mass is 437 g/mol. The van der Waals surface area contributed by atoms with Crippen molar-refractivity contribution in [2.75, 3.05) is 11.5 Å². The van der Waals surface area contributed by atoms with Crippen LogP contribution < -0.4 is 5.73 Å². The molecule has 0 aliphatic carbocycles. The van der Waals surface area contributed by atoms with Crippen LogP contribution in [0.2, 0.25) is 4.34 Å². The van der Waals surface area contributed by atoms with Crippen molar-refractivity contribution in [3.05, 3.63) is 46.3 Å². The molecule has 0 aliphatic rings.